The van der Waals surface area contributed by atoms with E-state index in [2.05, 4.69) is 37.4 Å². The number of nitrogens with one attached hydrogen (secondary N) is 1. The molecule has 1 unspecified atom stereocenters. The van der Waals surface area contributed by atoms with Crippen molar-refractivity contribution in [2.24, 2.45) is 5.41 Å². The van der Waals surface area contributed by atoms with Crippen LogP contribution in [-0.4, -0.2) is 26.8 Å². The van der Waals surface area contributed by atoms with Gasteiger partial charge in [-0.2, -0.15) is 0 Å². The average molecular weight is 289 g/mol. The van der Waals surface area contributed by atoms with Gasteiger partial charge in [0.1, 0.15) is 0 Å². The van der Waals surface area contributed by atoms with Crippen LogP contribution in [0.2, 0.25) is 0 Å². The van der Waals surface area contributed by atoms with Crippen molar-refractivity contribution in [3.63, 3.8) is 0 Å². The third-order valence-corrected chi connectivity index (χ3v) is 4.68. The zero-order valence-electron chi connectivity index (χ0n) is 14.0. The van der Waals surface area contributed by atoms with Crippen LogP contribution in [0.1, 0.15) is 49.8 Å². The molecule has 1 aliphatic carbocycles. The fourth-order valence-corrected chi connectivity index (χ4v) is 3.64. The second-order valence-electron chi connectivity index (χ2n) is 6.86. The highest BCUT2D eigenvalue weighted by atomic mass is 16.5. The molecule has 0 spiro atoms. The number of rotatable bonds is 9. The van der Waals surface area contributed by atoms with Gasteiger partial charge in [-0.15, -0.1) is 0 Å². The van der Waals surface area contributed by atoms with Crippen LogP contribution in [0.15, 0.2) is 18.2 Å². The molecule has 118 valence electrons. The summed E-state index contributed by atoms with van der Waals surface area (Å²) in [6.07, 6.45) is 7.58. The van der Waals surface area contributed by atoms with Crippen LogP contribution in [-0.2, 0) is 24.0 Å². The molecule has 1 aromatic carbocycles. The molecule has 0 amide bonds. The molecule has 2 rings (SSSR count). The Kier molecular flexibility index (Phi) is 6.25. The van der Waals surface area contributed by atoms with Crippen molar-refractivity contribution in [3.05, 3.63) is 34.9 Å². The molecule has 0 heterocycles. The van der Waals surface area contributed by atoms with Gasteiger partial charge in [-0.1, -0.05) is 38.5 Å². The number of fused-ring (bicyclic) bond motifs is 1. The van der Waals surface area contributed by atoms with Gasteiger partial charge in [0.2, 0.25) is 0 Å². The number of hydrogen-bond donors (Lipinski definition) is 1. The van der Waals surface area contributed by atoms with Crippen molar-refractivity contribution in [3.8, 4) is 0 Å². The minimum atomic E-state index is 0.343. The highest BCUT2D eigenvalue weighted by molar-refractivity contribution is 5.35. The number of aryl methyl sites for hydroxylation is 2. The van der Waals surface area contributed by atoms with Crippen molar-refractivity contribution >= 4 is 0 Å². The lowest BCUT2D eigenvalue weighted by molar-refractivity contribution is 0.190. The van der Waals surface area contributed by atoms with E-state index in [4.69, 9.17) is 4.74 Å². The summed E-state index contributed by atoms with van der Waals surface area (Å²) in [4.78, 5) is 0. The van der Waals surface area contributed by atoms with Gasteiger partial charge in [-0.3, -0.25) is 0 Å². The molecule has 21 heavy (non-hydrogen) atoms. The molecule has 2 heteroatoms. The van der Waals surface area contributed by atoms with E-state index in [1.807, 2.05) is 0 Å². The average Bonchev–Trinajstić information content (AvgIpc) is 2.91. The quantitative estimate of drug-likeness (QED) is 0.699. The van der Waals surface area contributed by atoms with E-state index < -0.39 is 0 Å². The molecule has 0 aliphatic heterocycles. The van der Waals surface area contributed by atoms with Crippen molar-refractivity contribution in [1.29, 1.82) is 0 Å². The monoisotopic (exact) mass is 289 g/mol. The Balaban J connectivity index is 1.97. The van der Waals surface area contributed by atoms with E-state index in [1.165, 1.54) is 44.1 Å². The number of benzene rings is 1. The van der Waals surface area contributed by atoms with Crippen LogP contribution in [0.4, 0.5) is 0 Å². The zero-order chi connectivity index (χ0) is 15.1. The van der Waals surface area contributed by atoms with Gasteiger partial charge in [0.15, 0.2) is 0 Å². The fourth-order valence-electron chi connectivity index (χ4n) is 3.64. The summed E-state index contributed by atoms with van der Waals surface area (Å²) in [5.41, 5.74) is 5.03. The number of hydrogen-bond acceptors (Lipinski definition) is 2. The molecule has 0 saturated heterocycles. The van der Waals surface area contributed by atoms with Crippen molar-refractivity contribution in [2.45, 2.75) is 52.4 Å². The Bertz CT molecular complexity index is 443. The third-order valence-electron chi connectivity index (χ3n) is 4.68. The van der Waals surface area contributed by atoms with Crippen molar-refractivity contribution < 1.29 is 4.74 Å². The first-order valence-corrected chi connectivity index (χ1v) is 8.47. The topological polar surface area (TPSA) is 21.3 Å². The van der Waals surface area contributed by atoms with Gasteiger partial charge in [-0.05, 0) is 54.2 Å². The van der Waals surface area contributed by atoms with E-state index in [0.29, 0.717) is 5.41 Å². The molecule has 1 aromatic rings. The van der Waals surface area contributed by atoms with E-state index in [9.17, 15) is 0 Å². The van der Waals surface area contributed by atoms with Crippen molar-refractivity contribution in [1.82, 2.24) is 5.32 Å². The Hall–Kier alpha value is -0.860. The maximum absolute atomic E-state index is 5.12. The normalized spacial score (nSPS) is 16.7. The molecule has 0 bridgehead atoms. The summed E-state index contributed by atoms with van der Waals surface area (Å²) >= 11 is 0. The van der Waals surface area contributed by atoms with E-state index in [1.54, 1.807) is 18.2 Å². The highest BCUT2D eigenvalue weighted by Gasteiger charge is 2.24. The van der Waals surface area contributed by atoms with E-state index in [-0.39, 0.29) is 0 Å². The first kappa shape index (κ1) is 16.5. The Morgan fingerprint density at radius 2 is 2.05 bits per heavy atom. The molecule has 0 aromatic heterocycles. The lowest BCUT2D eigenvalue weighted by Crippen LogP contribution is -2.35. The molecule has 0 saturated carbocycles. The summed E-state index contributed by atoms with van der Waals surface area (Å²) in [7, 11) is 1.76. The van der Waals surface area contributed by atoms with Crippen LogP contribution >= 0.6 is 0 Å². The summed E-state index contributed by atoms with van der Waals surface area (Å²) in [5.74, 6) is 0. The van der Waals surface area contributed by atoms with Crippen LogP contribution in [0, 0.1) is 5.41 Å². The van der Waals surface area contributed by atoms with E-state index >= 15 is 0 Å². The highest BCUT2D eigenvalue weighted by Crippen LogP contribution is 2.30. The van der Waals surface area contributed by atoms with Crippen LogP contribution in [0.25, 0.3) is 0 Å². The summed E-state index contributed by atoms with van der Waals surface area (Å²) in [6, 6.07) is 7.18. The third kappa shape index (κ3) is 4.82. The van der Waals surface area contributed by atoms with Gasteiger partial charge >= 0.3 is 0 Å². The maximum atomic E-state index is 5.12. The predicted octanol–water partition coefficient (Wildman–Crippen LogP) is 3.76. The minimum Gasteiger partial charge on any atom is -0.383 e. The Morgan fingerprint density at radius 1 is 1.24 bits per heavy atom. The van der Waals surface area contributed by atoms with Gasteiger partial charge < -0.3 is 10.1 Å². The van der Waals surface area contributed by atoms with Crippen LogP contribution in [0.3, 0.4) is 0 Å². The molecule has 0 radical (unpaired) electrons. The van der Waals surface area contributed by atoms with E-state index in [0.717, 1.165) is 19.7 Å². The molecular weight excluding hydrogens is 258 g/mol. The second kappa shape index (κ2) is 7.95. The smallest absolute Gasteiger partial charge is 0.0587 e. The van der Waals surface area contributed by atoms with Gasteiger partial charge in [0.25, 0.3) is 0 Å². The fraction of sp³-hybridized carbons (Fsp3) is 0.684. The molecule has 1 N–H and O–H groups in total. The van der Waals surface area contributed by atoms with Crippen LogP contribution < -0.4 is 5.32 Å². The first-order valence-electron chi connectivity index (χ1n) is 8.47. The molecule has 2 nitrogen and oxygen atoms in total. The molecule has 0 fully saturated rings. The standard InChI is InChI=1S/C19H31NO/c1-4-10-19(2,15-20-11-12-21-3)14-16-8-9-17-6-5-7-18(17)13-16/h8-9,13,20H,4-7,10-12,14-15H2,1-3H3. The maximum Gasteiger partial charge on any atom is 0.0587 e. The largest absolute Gasteiger partial charge is 0.383 e. The first-order chi connectivity index (χ1) is 10.2. The van der Waals surface area contributed by atoms with Gasteiger partial charge in [0, 0.05) is 20.2 Å². The van der Waals surface area contributed by atoms with Crippen molar-refractivity contribution in [2.75, 3.05) is 26.8 Å². The van der Waals surface area contributed by atoms with Gasteiger partial charge in [-0.25, -0.2) is 0 Å². The lowest BCUT2D eigenvalue weighted by Gasteiger charge is -2.30. The summed E-state index contributed by atoms with van der Waals surface area (Å²) in [6.45, 7) is 7.52. The summed E-state index contributed by atoms with van der Waals surface area (Å²) < 4.78 is 5.12. The summed E-state index contributed by atoms with van der Waals surface area (Å²) in [5, 5.41) is 3.56. The molecule has 1 atom stereocenters. The second-order valence-corrected chi connectivity index (χ2v) is 6.86. The SMILES string of the molecule is CCCC(C)(CNCCOC)Cc1ccc2c(c1)CCC2. The minimum absolute atomic E-state index is 0.343. The Labute approximate surface area is 130 Å². The number of ether oxygens (including phenoxy) is 1. The predicted molar refractivity (Wildman–Crippen MR) is 89.9 cm³/mol. The van der Waals surface area contributed by atoms with Crippen LogP contribution in [0.5, 0.6) is 0 Å². The molecule has 1 aliphatic rings. The van der Waals surface area contributed by atoms with Gasteiger partial charge in [0.05, 0.1) is 6.61 Å². The molecular formula is C19H31NO. The lowest BCUT2D eigenvalue weighted by atomic mass is 9.79. The number of methoxy groups -OCH3 is 1. The Morgan fingerprint density at radius 3 is 2.81 bits per heavy atom. The zero-order valence-corrected chi connectivity index (χ0v) is 14.0.